The Hall–Kier alpha value is -2.23. The molecule has 0 spiro atoms. The van der Waals surface area contributed by atoms with Crippen LogP contribution in [-0.2, 0) is 0 Å². The minimum atomic E-state index is 0.150. The molecule has 0 amide bonds. The Morgan fingerprint density at radius 3 is 2.53 bits per heavy atom. The molecule has 0 saturated heterocycles. The van der Waals surface area contributed by atoms with Crippen LogP contribution in [0.25, 0.3) is 10.8 Å². The number of hydrogen-bond donors (Lipinski definition) is 2. The third kappa shape index (κ3) is 1.99. The largest absolute Gasteiger partial charge is 0.409 e. The number of hydrogen-bond acceptors (Lipinski definition) is 3. The number of anilines is 1. The summed E-state index contributed by atoms with van der Waals surface area (Å²) in [5.41, 5.74) is 7.72. The lowest BCUT2D eigenvalue weighted by Crippen LogP contribution is -2.20. The molecule has 0 unspecified atom stereocenters. The van der Waals surface area contributed by atoms with Crippen LogP contribution in [0.4, 0.5) is 5.69 Å². The summed E-state index contributed by atoms with van der Waals surface area (Å²) in [6, 6.07) is 12.7. The minimum absolute atomic E-state index is 0.150. The molecular formula is C15H17N3O. The summed E-state index contributed by atoms with van der Waals surface area (Å²) < 4.78 is 0. The first kappa shape index (κ1) is 11.8. The van der Waals surface area contributed by atoms with Gasteiger partial charge in [0.1, 0.15) is 0 Å². The molecule has 0 atom stereocenters. The molecule has 98 valence electrons. The maximum absolute atomic E-state index is 8.88. The van der Waals surface area contributed by atoms with Crippen molar-refractivity contribution in [3.8, 4) is 0 Å². The Balaban J connectivity index is 2.21. The van der Waals surface area contributed by atoms with Crippen molar-refractivity contribution in [3.63, 3.8) is 0 Å². The second kappa shape index (κ2) is 4.46. The summed E-state index contributed by atoms with van der Waals surface area (Å²) in [6.07, 6.45) is 2.51. The number of amidine groups is 1. The van der Waals surface area contributed by atoms with Crippen LogP contribution in [0.3, 0.4) is 0 Å². The van der Waals surface area contributed by atoms with Gasteiger partial charge in [0.2, 0.25) is 0 Å². The fourth-order valence-corrected chi connectivity index (χ4v) is 2.53. The van der Waals surface area contributed by atoms with E-state index in [1.807, 2.05) is 30.3 Å². The summed E-state index contributed by atoms with van der Waals surface area (Å²) >= 11 is 0. The first-order chi connectivity index (χ1) is 9.22. The zero-order valence-electron chi connectivity index (χ0n) is 10.9. The van der Waals surface area contributed by atoms with Crippen molar-refractivity contribution in [2.45, 2.75) is 18.9 Å². The summed E-state index contributed by atoms with van der Waals surface area (Å²) in [5.74, 6) is 0.150. The Bertz CT molecular complexity index is 647. The van der Waals surface area contributed by atoms with E-state index in [2.05, 4.69) is 23.2 Å². The van der Waals surface area contributed by atoms with Gasteiger partial charge in [0.05, 0.1) is 0 Å². The zero-order valence-corrected chi connectivity index (χ0v) is 10.9. The fraction of sp³-hybridized carbons (Fsp3) is 0.267. The average molecular weight is 255 g/mol. The molecule has 0 heterocycles. The van der Waals surface area contributed by atoms with E-state index in [9.17, 15) is 0 Å². The van der Waals surface area contributed by atoms with Crippen molar-refractivity contribution in [1.82, 2.24) is 0 Å². The van der Waals surface area contributed by atoms with Gasteiger partial charge in [-0.3, -0.25) is 0 Å². The molecule has 0 aromatic heterocycles. The van der Waals surface area contributed by atoms with Gasteiger partial charge in [-0.05, 0) is 30.4 Å². The number of rotatable bonds is 3. The van der Waals surface area contributed by atoms with E-state index in [0.29, 0.717) is 6.04 Å². The van der Waals surface area contributed by atoms with E-state index >= 15 is 0 Å². The Kier molecular flexibility index (Phi) is 2.78. The van der Waals surface area contributed by atoms with Crippen molar-refractivity contribution in [2.75, 3.05) is 11.9 Å². The quantitative estimate of drug-likeness (QED) is 0.383. The predicted octanol–water partition coefficient (Wildman–Crippen LogP) is 2.53. The van der Waals surface area contributed by atoms with Crippen LogP contribution in [0.15, 0.2) is 41.6 Å². The molecule has 2 aromatic rings. The van der Waals surface area contributed by atoms with Crippen molar-refractivity contribution < 1.29 is 5.21 Å². The van der Waals surface area contributed by atoms with E-state index in [1.165, 1.54) is 18.5 Å². The van der Waals surface area contributed by atoms with Gasteiger partial charge in [-0.2, -0.15) is 0 Å². The molecule has 19 heavy (non-hydrogen) atoms. The highest BCUT2D eigenvalue weighted by atomic mass is 16.4. The molecule has 1 fully saturated rings. The van der Waals surface area contributed by atoms with E-state index < -0.39 is 0 Å². The highest BCUT2D eigenvalue weighted by molar-refractivity contribution is 6.11. The Morgan fingerprint density at radius 1 is 1.21 bits per heavy atom. The van der Waals surface area contributed by atoms with Gasteiger partial charge in [0.25, 0.3) is 0 Å². The van der Waals surface area contributed by atoms with E-state index in [0.717, 1.165) is 16.3 Å². The molecule has 3 rings (SSSR count). The van der Waals surface area contributed by atoms with Crippen LogP contribution in [0.5, 0.6) is 0 Å². The lowest BCUT2D eigenvalue weighted by atomic mass is 10.0. The van der Waals surface area contributed by atoms with E-state index in [4.69, 9.17) is 10.9 Å². The lowest BCUT2D eigenvalue weighted by Gasteiger charge is -2.21. The molecule has 0 radical (unpaired) electrons. The third-order valence-corrected chi connectivity index (χ3v) is 3.76. The minimum Gasteiger partial charge on any atom is -0.409 e. The number of fused-ring (bicyclic) bond motifs is 1. The van der Waals surface area contributed by atoms with Crippen LogP contribution >= 0.6 is 0 Å². The maximum atomic E-state index is 8.88. The molecule has 1 aliphatic carbocycles. The van der Waals surface area contributed by atoms with Crippen LogP contribution in [0, 0.1) is 0 Å². The van der Waals surface area contributed by atoms with Gasteiger partial charge in [-0.25, -0.2) is 0 Å². The second-order valence-electron chi connectivity index (χ2n) is 5.01. The molecule has 1 saturated carbocycles. The number of nitrogens with two attached hydrogens (primary N) is 1. The van der Waals surface area contributed by atoms with Gasteiger partial charge in [0.15, 0.2) is 5.84 Å². The average Bonchev–Trinajstić information content (AvgIpc) is 3.29. The van der Waals surface area contributed by atoms with Crippen molar-refractivity contribution in [3.05, 3.63) is 42.0 Å². The number of nitrogens with zero attached hydrogens (tertiary/aromatic N) is 2. The number of oxime groups is 1. The summed E-state index contributed by atoms with van der Waals surface area (Å²) in [6.45, 7) is 0. The fourth-order valence-electron chi connectivity index (χ4n) is 2.53. The summed E-state index contributed by atoms with van der Waals surface area (Å²) in [7, 11) is 2.13. The van der Waals surface area contributed by atoms with Gasteiger partial charge >= 0.3 is 0 Å². The summed E-state index contributed by atoms with van der Waals surface area (Å²) in [4.78, 5) is 2.32. The molecular weight excluding hydrogens is 238 g/mol. The standard InChI is InChI=1S/C15H17N3O/c1-18(10-6-7-10)14-9-8-13(15(16)17-19)11-4-2-3-5-12(11)14/h2-5,8-10,19H,6-7H2,1H3,(H2,16,17). The Labute approximate surface area is 112 Å². The van der Waals surface area contributed by atoms with Gasteiger partial charge in [-0.15, -0.1) is 0 Å². The van der Waals surface area contributed by atoms with Gasteiger partial charge in [-0.1, -0.05) is 29.4 Å². The van der Waals surface area contributed by atoms with Gasteiger partial charge < -0.3 is 15.8 Å². The maximum Gasteiger partial charge on any atom is 0.170 e. The van der Waals surface area contributed by atoms with Crippen molar-refractivity contribution in [2.24, 2.45) is 10.9 Å². The first-order valence-corrected chi connectivity index (χ1v) is 6.45. The monoisotopic (exact) mass is 255 g/mol. The smallest absolute Gasteiger partial charge is 0.170 e. The van der Waals surface area contributed by atoms with Crippen LogP contribution in [0.1, 0.15) is 18.4 Å². The third-order valence-electron chi connectivity index (χ3n) is 3.76. The lowest BCUT2D eigenvalue weighted by molar-refractivity contribution is 0.318. The molecule has 4 nitrogen and oxygen atoms in total. The molecule has 1 aliphatic rings. The van der Waals surface area contributed by atoms with E-state index in [1.54, 1.807) is 0 Å². The zero-order chi connectivity index (χ0) is 13.4. The number of benzene rings is 2. The van der Waals surface area contributed by atoms with Crippen molar-refractivity contribution >= 4 is 22.3 Å². The van der Waals surface area contributed by atoms with Crippen LogP contribution in [-0.4, -0.2) is 24.1 Å². The van der Waals surface area contributed by atoms with E-state index in [-0.39, 0.29) is 5.84 Å². The van der Waals surface area contributed by atoms with Gasteiger partial charge in [0, 0.05) is 29.7 Å². The topological polar surface area (TPSA) is 61.8 Å². The molecule has 0 aliphatic heterocycles. The Morgan fingerprint density at radius 2 is 1.89 bits per heavy atom. The van der Waals surface area contributed by atoms with Crippen LogP contribution < -0.4 is 10.6 Å². The van der Waals surface area contributed by atoms with Crippen LogP contribution in [0.2, 0.25) is 0 Å². The predicted molar refractivity (Wildman–Crippen MR) is 77.9 cm³/mol. The second-order valence-corrected chi connectivity index (χ2v) is 5.01. The molecule has 0 bridgehead atoms. The highest BCUT2D eigenvalue weighted by Gasteiger charge is 2.27. The van der Waals surface area contributed by atoms with Crippen molar-refractivity contribution in [1.29, 1.82) is 0 Å². The molecule has 2 aromatic carbocycles. The first-order valence-electron chi connectivity index (χ1n) is 6.45. The molecule has 4 heteroatoms. The summed E-state index contributed by atoms with van der Waals surface area (Å²) in [5, 5.41) is 14.1. The molecule has 3 N–H and O–H groups in total. The normalized spacial score (nSPS) is 15.7. The highest BCUT2D eigenvalue weighted by Crippen LogP contribution is 2.35. The SMILES string of the molecule is CN(c1ccc(/C(N)=N/O)c2ccccc12)C1CC1.